The van der Waals surface area contributed by atoms with Crippen LogP contribution in [-0.4, -0.2) is 29.3 Å². The smallest absolute Gasteiger partial charge is 0.257 e. The van der Waals surface area contributed by atoms with Crippen LogP contribution in [0.5, 0.6) is 17.2 Å². The van der Waals surface area contributed by atoms with E-state index >= 15 is 0 Å². The number of aromatic hydroxyl groups is 2. The van der Waals surface area contributed by atoms with Crippen molar-refractivity contribution in [3.05, 3.63) is 52.1 Å². The van der Waals surface area contributed by atoms with Gasteiger partial charge in [-0.05, 0) is 74.1 Å². The first-order valence-electron chi connectivity index (χ1n) is 8.27. The van der Waals surface area contributed by atoms with Gasteiger partial charge in [-0.1, -0.05) is 12.1 Å². The molecule has 0 aromatic heterocycles. The van der Waals surface area contributed by atoms with E-state index in [1.54, 1.807) is 0 Å². The minimum atomic E-state index is -0.194. The van der Waals surface area contributed by atoms with Gasteiger partial charge in [0, 0.05) is 6.54 Å². The fraction of sp³-hybridized carbons (Fsp3) is 0.350. The molecule has 0 spiro atoms. The van der Waals surface area contributed by atoms with Crippen molar-refractivity contribution in [2.75, 3.05) is 13.2 Å². The molecule has 2 aromatic rings. The highest BCUT2D eigenvalue weighted by atomic mass is 16.5. The van der Waals surface area contributed by atoms with Crippen LogP contribution in [-0.2, 0) is 11.2 Å². The third-order valence-corrected chi connectivity index (χ3v) is 4.37. The van der Waals surface area contributed by atoms with E-state index in [9.17, 15) is 15.0 Å². The third-order valence-electron chi connectivity index (χ3n) is 4.37. The van der Waals surface area contributed by atoms with E-state index < -0.39 is 0 Å². The van der Waals surface area contributed by atoms with Crippen LogP contribution < -0.4 is 10.1 Å². The first kappa shape index (κ1) is 18.6. The van der Waals surface area contributed by atoms with Gasteiger partial charge in [0.05, 0.1) is 0 Å². The largest absolute Gasteiger partial charge is 0.504 e. The van der Waals surface area contributed by atoms with E-state index in [4.69, 9.17) is 4.74 Å². The SMILES string of the molecule is Cc1cc(O)c(O)cc1CCNC(=O)COc1c(C)ccc(C)c1C. The van der Waals surface area contributed by atoms with Gasteiger partial charge in [0.1, 0.15) is 5.75 Å². The second-order valence-corrected chi connectivity index (χ2v) is 6.31. The monoisotopic (exact) mass is 343 g/mol. The molecular formula is C20H25NO4. The summed E-state index contributed by atoms with van der Waals surface area (Å²) < 4.78 is 5.69. The topological polar surface area (TPSA) is 78.8 Å². The molecule has 1 amide bonds. The molecule has 2 rings (SSSR count). The van der Waals surface area contributed by atoms with Gasteiger partial charge in [0.25, 0.3) is 5.91 Å². The molecule has 5 nitrogen and oxygen atoms in total. The summed E-state index contributed by atoms with van der Waals surface area (Å²) in [6, 6.07) is 7.05. The molecule has 0 fully saturated rings. The van der Waals surface area contributed by atoms with Gasteiger partial charge in [0.2, 0.25) is 0 Å². The number of rotatable bonds is 6. The van der Waals surface area contributed by atoms with Crippen molar-refractivity contribution in [1.29, 1.82) is 0 Å². The van der Waals surface area contributed by atoms with Crippen molar-refractivity contribution >= 4 is 5.91 Å². The molecule has 2 aromatic carbocycles. The lowest BCUT2D eigenvalue weighted by atomic mass is 10.0. The maximum absolute atomic E-state index is 12.0. The standard InChI is InChI=1S/C20H25NO4/c1-12-5-6-13(2)20(15(12)4)25-11-19(24)21-8-7-16-10-18(23)17(22)9-14(16)3/h5-6,9-10,22-23H,7-8,11H2,1-4H3,(H,21,24). The van der Waals surface area contributed by atoms with Crippen molar-refractivity contribution < 1.29 is 19.7 Å². The normalized spacial score (nSPS) is 10.6. The maximum atomic E-state index is 12.0. The number of carbonyl (C=O) groups excluding carboxylic acids is 1. The summed E-state index contributed by atoms with van der Waals surface area (Å²) in [6.07, 6.45) is 0.563. The van der Waals surface area contributed by atoms with Gasteiger partial charge >= 0.3 is 0 Å². The average molecular weight is 343 g/mol. The molecule has 0 aliphatic carbocycles. The summed E-state index contributed by atoms with van der Waals surface area (Å²) in [4.78, 5) is 12.0. The Morgan fingerprint density at radius 2 is 1.64 bits per heavy atom. The van der Waals surface area contributed by atoms with Gasteiger partial charge in [-0.3, -0.25) is 4.79 Å². The van der Waals surface area contributed by atoms with Crippen molar-refractivity contribution in [3.63, 3.8) is 0 Å². The van der Waals surface area contributed by atoms with Crippen molar-refractivity contribution in [3.8, 4) is 17.2 Å². The molecule has 0 atom stereocenters. The van der Waals surface area contributed by atoms with Gasteiger partial charge in [0.15, 0.2) is 18.1 Å². The molecule has 134 valence electrons. The zero-order valence-corrected chi connectivity index (χ0v) is 15.1. The van der Waals surface area contributed by atoms with Crippen molar-refractivity contribution in [2.45, 2.75) is 34.1 Å². The van der Waals surface area contributed by atoms with Gasteiger partial charge < -0.3 is 20.3 Å². The van der Waals surface area contributed by atoms with Crippen LogP contribution in [0.15, 0.2) is 24.3 Å². The van der Waals surface area contributed by atoms with Crippen LogP contribution in [0, 0.1) is 27.7 Å². The molecule has 0 heterocycles. The Kier molecular flexibility index (Phi) is 5.91. The summed E-state index contributed by atoms with van der Waals surface area (Å²) in [7, 11) is 0. The Hall–Kier alpha value is -2.69. The van der Waals surface area contributed by atoms with Crippen LogP contribution in [0.4, 0.5) is 0 Å². The summed E-state index contributed by atoms with van der Waals surface area (Å²) in [5.74, 6) is 0.277. The quantitative estimate of drug-likeness (QED) is 0.704. The molecule has 0 unspecified atom stereocenters. The number of carbonyl (C=O) groups is 1. The van der Waals surface area contributed by atoms with E-state index in [0.717, 1.165) is 33.6 Å². The van der Waals surface area contributed by atoms with Crippen molar-refractivity contribution in [2.24, 2.45) is 0 Å². The van der Waals surface area contributed by atoms with Crippen LogP contribution in [0.1, 0.15) is 27.8 Å². The van der Waals surface area contributed by atoms with E-state index in [1.807, 2.05) is 39.8 Å². The molecular weight excluding hydrogens is 318 g/mol. The van der Waals surface area contributed by atoms with E-state index in [-0.39, 0.29) is 24.0 Å². The molecule has 0 saturated carbocycles. The molecule has 0 aliphatic heterocycles. The highest BCUT2D eigenvalue weighted by Gasteiger charge is 2.10. The number of nitrogens with one attached hydrogen (secondary N) is 1. The number of phenolic OH excluding ortho intramolecular Hbond substituents is 2. The lowest BCUT2D eigenvalue weighted by Gasteiger charge is -2.14. The molecule has 0 aliphatic rings. The Morgan fingerprint density at radius 3 is 2.36 bits per heavy atom. The van der Waals surface area contributed by atoms with E-state index in [0.29, 0.717) is 13.0 Å². The number of amides is 1. The second kappa shape index (κ2) is 7.92. The van der Waals surface area contributed by atoms with Crippen LogP contribution >= 0.6 is 0 Å². The van der Waals surface area contributed by atoms with E-state index in [2.05, 4.69) is 5.32 Å². The predicted octanol–water partition coefficient (Wildman–Crippen LogP) is 3.07. The Bertz CT molecular complexity index is 784. The van der Waals surface area contributed by atoms with Crippen LogP contribution in [0.25, 0.3) is 0 Å². The molecule has 0 saturated heterocycles. The minimum absolute atomic E-state index is 0.0368. The van der Waals surface area contributed by atoms with Gasteiger partial charge in [-0.15, -0.1) is 0 Å². The highest BCUT2D eigenvalue weighted by Crippen LogP contribution is 2.28. The summed E-state index contributed by atoms with van der Waals surface area (Å²) in [5.41, 5.74) is 4.92. The minimum Gasteiger partial charge on any atom is -0.504 e. The number of ether oxygens (including phenoxy) is 1. The van der Waals surface area contributed by atoms with E-state index in [1.165, 1.54) is 12.1 Å². The van der Waals surface area contributed by atoms with Crippen LogP contribution in [0.2, 0.25) is 0 Å². The predicted molar refractivity (Wildman–Crippen MR) is 97.4 cm³/mol. The summed E-state index contributed by atoms with van der Waals surface area (Å²) in [5, 5.41) is 21.8. The third kappa shape index (κ3) is 4.66. The molecule has 0 bridgehead atoms. The number of benzene rings is 2. The molecule has 5 heteroatoms. The first-order chi connectivity index (χ1) is 11.8. The Balaban J connectivity index is 1.86. The second-order valence-electron chi connectivity index (χ2n) is 6.31. The Morgan fingerprint density at radius 1 is 1.00 bits per heavy atom. The zero-order valence-electron chi connectivity index (χ0n) is 15.1. The van der Waals surface area contributed by atoms with Gasteiger partial charge in [-0.25, -0.2) is 0 Å². The number of hydrogen-bond donors (Lipinski definition) is 3. The Labute approximate surface area is 148 Å². The first-order valence-corrected chi connectivity index (χ1v) is 8.27. The highest BCUT2D eigenvalue weighted by molar-refractivity contribution is 5.77. The number of hydrogen-bond acceptors (Lipinski definition) is 4. The number of phenols is 2. The molecule has 3 N–H and O–H groups in total. The summed E-state index contributed by atoms with van der Waals surface area (Å²) in [6.45, 7) is 8.19. The fourth-order valence-corrected chi connectivity index (χ4v) is 2.67. The van der Waals surface area contributed by atoms with Crippen LogP contribution in [0.3, 0.4) is 0 Å². The summed E-state index contributed by atoms with van der Waals surface area (Å²) >= 11 is 0. The molecule has 0 radical (unpaired) electrons. The zero-order chi connectivity index (χ0) is 18.6. The van der Waals surface area contributed by atoms with Crippen molar-refractivity contribution in [1.82, 2.24) is 5.32 Å². The number of aryl methyl sites for hydroxylation is 3. The average Bonchev–Trinajstić information content (AvgIpc) is 2.56. The lowest BCUT2D eigenvalue weighted by molar-refractivity contribution is -0.123. The molecule has 25 heavy (non-hydrogen) atoms. The maximum Gasteiger partial charge on any atom is 0.257 e. The fourth-order valence-electron chi connectivity index (χ4n) is 2.67. The lowest BCUT2D eigenvalue weighted by Crippen LogP contribution is -2.30. The van der Waals surface area contributed by atoms with Gasteiger partial charge in [-0.2, -0.15) is 0 Å².